The molecular weight excluding hydrogens is 224 g/mol. The van der Waals surface area contributed by atoms with Crippen LogP contribution in [0, 0.1) is 0 Å². The molecule has 17 heavy (non-hydrogen) atoms. The lowest BCUT2D eigenvalue weighted by molar-refractivity contribution is -0.122. The second-order valence-corrected chi connectivity index (χ2v) is 2.95. The van der Waals surface area contributed by atoms with Gasteiger partial charge in [-0.25, -0.2) is 4.79 Å². The molecule has 0 saturated heterocycles. The third-order valence-corrected chi connectivity index (χ3v) is 1.67. The van der Waals surface area contributed by atoms with Crippen molar-refractivity contribution in [2.45, 2.75) is 13.5 Å². The molecule has 0 atom stereocenters. The number of benzene rings is 1. The van der Waals surface area contributed by atoms with Crippen molar-refractivity contribution in [3.8, 4) is 0 Å². The van der Waals surface area contributed by atoms with Gasteiger partial charge in [0.1, 0.15) is 6.61 Å². The summed E-state index contributed by atoms with van der Waals surface area (Å²) >= 11 is 0. The zero-order chi connectivity index (χ0) is 13.1. The van der Waals surface area contributed by atoms with Crippen LogP contribution in [0.15, 0.2) is 24.3 Å². The van der Waals surface area contributed by atoms with Crippen LogP contribution in [0.1, 0.15) is 12.5 Å². The number of hydrogen-bond donors (Lipinski definition) is 3. The van der Waals surface area contributed by atoms with Gasteiger partial charge in [0.25, 0.3) is 6.47 Å². The predicted molar refractivity (Wildman–Crippen MR) is 63.4 cm³/mol. The summed E-state index contributed by atoms with van der Waals surface area (Å²) in [6.45, 7) is 2.43. The van der Waals surface area contributed by atoms with E-state index in [2.05, 4.69) is 5.32 Å². The number of alkyl carbamates (subject to hydrolysis) is 1. The van der Waals surface area contributed by atoms with Crippen molar-refractivity contribution >= 4 is 18.3 Å². The number of carbonyl (C=O) groups is 2. The Kier molecular flexibility index (Phi) is 7.83. The van der Waals surface area contributed by atoms with Crippen LogP contribution >= 0.6 is 0 Å². The minimum atomic E-state index is -0.399. The summed E-state index contributed by atoms with van der Waals surface area (Å²) < 4.78 is 4.92. The van der Waals surface area contributed by atoms with Gasteiger partial charge in [-0.1, -0.05) is 12.1 Å². The quantitative estimate of drug-likeness (QED) is 0.544. The van der Waals surface area contributed by atoms with E-state index in [1.54, 1.807) is 12.1 Å². The molecule has 0 bridgehead atoms. The maximum Gasteiger partial charge on any atom is 0.407 e. The minimum Gasteiger partial charge on any atom is -0.483 e. The van der Waals surface area contributed by atoms with Gasteiger partial charge in [-0.05, 0) is 24.6 Å². The van der Waals surface area contributed by atoms with Crippen LogP contribution in [-0.2, 0) is 16.1 Å². The molecule has 0 aliphatic rings. The number of nitrogens with two attached hydrogens (primary N) is 1. The molecule has 0 radical (unpaired) electrons. The molecule has 0 aromatic heterocycles. The first-order valence-corrected chi connectivity index (χ1v) is 4.97. The van der Waals surface area contributed by atoms with Crippen LogP contribution in [0.4, 0.5) is 10.5 Å². The molecule has 0 heterocycles. The van der Waals surface area contributed by atoms with Crippen molar-refractivity contribution in [1.29, 1.82) is 0 Å². The second kappa shape index (κ2) is 9.02. The first kappa shape index (κ1) is 14.8. The highest BCUT2D eigenvalue weighted by Crippen LogP contribution is 2.06. The first-order valence-electron chi connectivity index (χ1n) is 4.97. The molecule has 94 valence electrons. The number of carbonyl (C=O) groups excluding carboxylic acids is 1. The fourth-order valence-electron chi connectivity index (χ4n) is 0.958. The number of nitrogen functional groups attached to an aromatic ring is 1. The van der Waals surface area contributed by atoms with E-state index in [1.807, 2.05) is 19.1 Å². The summed E-state index contributed by atoms with van der Waals surface area (Å²) in [4.78, 5) is 19.3. The van der Waals surface area contributed by atoms with Gasteiger partial charge in [0.05, 0.1) is 0 Å². The first-order chi connectivity index (χ1) is 8.13. The van der Waals surface area contributed by atoms with Crippen molar-refractivity contribution in [1.82, 2.24) is 5.32 Å². The van der Waals surface area contributed by atoms with Crippen molar-refractivity contribution in [2.75, 3.05) is 12.3 Å². The van der Waals surface area contributed by atoms with Gasteiger partial charge in [0.2, 0.25) is 0 Å². The molecular formula is C11H16N2O4. The number of rotatable bonds is 3. The maximum absolute atomic E-state index is 10.9. The SMILES string of the molecule is CCNC(=O)OCc1ccc(N)cc1.O=CO. The summed E-state index contributed by atoms with van der Waals surface area (Å²) in [5.74, 6) is 0. The molecule has 1 aromatic carbocycles. The highest BCUT2D eigenvalue weighted by Gasteiger charge is 1.99. The molecule has 0 aliphatic carbocycles. The van der Waals surface area contributed by atoms with Crippen molar-refractivity contribution in [3.05, 3.63) is 29.8 Å². The smallest absolute Gasteiger partial charge is 0.407 e. The number of amides is 1. The molecule has 0 unspecified atom stereocenters. The molecule has 1 amide bonds. The van der Waals surface area contributed by atoms with E-state index in [4.69, 9.17) is 20.4 Å². The molecule has 6 heteroatoms. The van der Waals surface area contributed by atoms with Gasteiger partial charge in [-0.15, -0.1) is 0 Å². The van der Waals surface area contributed by atoms with Crippen molar-refractivity contribution in [3.63, 3.8) is 0 Å². The topological polar surface area (TPSA) is 102 Å². The van der Waals surface area contributed by atoms with Crippen LogP contribution in [0.25, 0.3) is 0 Å². The standard InChI is InChI=1S/C10H14N2O2.CH2O2/c1-2-12-10(13)14-7-8-3-5-9(11)6-4-8;2-1-3/h3-6H,2,7,11H2,1H3,(H,12,13);1H,(H,2,3). The maximum atomic E-state index is 10.9. The van der Waals surface area contributed by atoms with Crippen LogP contribution in [0.2, 0.25) is 0 Å². The number of hydrogen-bond acceptors (Lipinski definition) is 4. The van der Waals surface area contributed by atoms with Crippen LogP contribution in [0.5, 0.6) is 0 Å². The minimum absolute atomic E-state index is 0.250. The van der Waals surface area contributed by atoms with Gasteiger partial charge in [-0.3, -0.25) is 4.79 Å². The van der Waals surface area contributed by atoms with Gasteiger partial charge in [-0.2, -0.15) is 0 Å². The third-order valence-electron chi connectivity index (χ3n) is 1.67. The Morgan fingerprint density at radius 3 is 2.47 bits per heavy atom. The largest absolute Gasteiger partial charge is 0.483 e. The molecule has 6 nitrogen and oxygen atoms in total. The van der Waals surface area contributed by atoms with E-state index in [-0.39, 0.29) is 13.1 Å². The zero-order valence-electron chi connectivity index (χ0n) is 9.55. The van der Waals surface area contributed by atoms with E-state index >= 15 is 0 Å². The normalized spacial score (nSPS) is 8.53. The number of anilines is 1. The van der Waals surface area contributed by atoms with Crippen LogP contribution in [-0.4, -0.2) is 24.2 Å². The summed E-state index contributed by atoms with van der Waals surface area (Å²) in [5, 5.41) is 9.43. The van der Waals surface area contributed by atoms with E-state index in [0.29, 0.717) is 12.2 Å². The molecule has 1 rings (SSSR count). The fraction of sp³-hybridized carbons (Fsp3) is 0.273. The lowest BCUT2D eigenvalue weighted by Gasteiger charge is -2.05. The Morgan fingerprint density at radius 1 is 1.47 bits per heavy atom. The van der Waals surface area contributed by atoms with E-state index in [0.717, 1.165) is 5.56 Å². The Balaban J connectivity index is 0.000000770. The van der Waals surface area contributed by atoms with Gasteiger partial charge >= 0.3 is 6.09 Å². The Hall–Kier alpha value is -2.24. The Bertz CT molecular complexity index is 338. The molecule has 4 N–H and O–H groups in total. The second-order valence-electron chi connectivity index (χ2n) is 2.95. The third kappa shape index (κ3) is 7.66. The van der Waals surface area contributed by atoms with E-state index < -0.39 is 6.09 Å². The summed E-state index contributed by atoms with van der Waals surface area (Å²) in [5.41, 5.74) is 7.13. The summed E-state index contributed by atoms with van der Waals surface area (Å²) in [6, 6.07) is 7.20. The average molecular weight is 240 g/mol. The predicted octanol–water partition coefficient (Wildman–Crippen LogP) is 1.22. The van der Waals surface area contributed by atoms with E-state index in [1.165, 1.54) is 0 Å². The number of nitrogens with one attached hydrogen (secondary N) is 1. The number of ether oxygens (including phenoxy) is 1. The van der Waals surface area contributed by atoms with Crippen molar-refractivity contribution in [2.24, 2.45) is 0 Å². The lowest BCUT2D eigenvalue weighted by Crippen LogP contribution is -2.23. The van der Waals surface area contributed by atoms with Crippen molar-refractivity contribution < 1.29 is 19.4 Å². The van der Waals surface area contributed by atoms with E-state index in [9.17, 15) is 4.79 Å². The molecule has 0 aliphatic heterocycles. The summed E-state index contributed by atoms with van der Waals surface area (Å²) in [6.07, 6.45) is -0.399. The monoisotopic (exact) mass is 240 g/mol. The van der Waals surface area contributed by atoms with Gasteiger partial charge in [0, 0.05) is 12.2 Å². The molecule has 0 spiro atoms. The van der Waals surface area contributed by atoms with Crippen LogP contribution < -0.4 is 11.1 Å². The average Bonchev–Trinajstić information content (AvgIpc) is 2.30. The molecule has 1 aromatic rings. The zero-order valence-corrected chi connectivity index (χ0v) is 9.55. The number of carboxylic acid groups (broad SMARTS) is 1. The Labute approximate surface area is 99.4 Å². The fourth-order valence-corrected chi connectivity index (χ4v) is 0.958. The Morgan fingerprint density at radius 2 is 2.00 bits per heavy atom. The highest BCUT2D eigenvalue weighted by molar-refractivity contribution is 5.67. The lowest BCUT2D eigenvalue weighted by atomic mass is 10.2. The van der Waals surface area contributed by atoms with Gasteiger partial charge in [0.15, 0.2) is 0 Å². The van der Waals surface area contributed by atoms with Gasteiger partial charge < -0.3 is 20.9 Å². The molecule has 0 saturated carbocycles. The highest BCUT2D eigenvalue weighted by atomic mass is 16.5. The molecule has 0 fully saturated rings. The summed E-state index contributed by atoms with van der Waals surface area (Å²) in [7, 11) is 0. The van der Waals surface area contributed by atoms with Crippen LogP contribution in [0.3, 0.4) is 0 Å².